The Hall–Kier alpha value is -2.09. The molecule has 8 heteroatoms. The Morgan fingerprint density at radius 2 is 1.37 bits per heavy atom. The van der Waals surface area contributed by atoms with Crippen LogP contribution >= 0.6 is 0 Å². The first-order valence-electron chi connectivity index (χ1n) is 27.3. The van der Waals surface area contributed by atoms with Crippen molar-refractivity contribution in [3.63, 3.8) is 0 Å². The van der Waals surface area contributed by atoms with Gasteiger partial charge in [0, 0.05) is 32.5 Å². The van der Waals surface area contributed by atoms with Gasteiger partial charge in [0.25, 0.3) is 0 Å². The summed E-state index contributed by atoms with van der Waals surface area (Å²) in [6, 6.07) is 0. The van der Waals surface area contributed by atoms with E-state index >= 15 is 0 Å². The number of carbonyl (C=O) groups excluding carboxylic acids is 3. The third kappa shape index (κ3) is 17.3. The Bertz CT molecular complexity index is 1350. The van der Waals surface area contributed by atoms with Crippen LogP contribution in [-0.4, -0.2) is 61.6 Å². The highest BCUT2D eigenvalue weighted by Gasteiger charge is 2.59. The molecule has 3 fully saturated rings. The van der Waals surface area contributed by atoms with E-state index in [1.165, 1.54) is 140 Å². The van der Waals surface area contributed by atoms with Gasteiger partial charge in [-0.1, -0.05) is 162 Å². The van der Waals surface area contributed by atoms with Crippen molar-refractivity contribution in [3.8, 4) is 0 Å². The Labute approximate surface area is 388 Å². The van der Waals surface area contributed by atoms with Crippen LogP contribution in [0.2, 0.25) is 0 Å². The molecule has 4 aliphatic carbocycles. The molecule has 8 nitrogen and oxygen atoms in total. The molecule has 0 saturated heterocycles. The number of ether oxygens (including phenoxy) is 1. The maximum Gasteiger partial charge on any atom is 0.410 e. The SMILES string of the molecule is CCCCCCCCCCCCCCCCCC(=O)NCCCN(CC(=O)NCCCCN)C(=O)O[C@H]1CC[C@@]2(C)C(=CC[C@H]3[C@@H]4CC[C@H]([C@H](C)CCCC(C)C)[C@@]4(C)CC[C@@H]32)C1. The fourth-order valence-electron chi connectivity index (χ4n) is 13.2. The van der Waals surface area contributed by atoms with E-state index in [-0.39, 0.29) is 29.9 Å². The van der Waals surface area contributed by atoms with Gasteiger partial charge in [0.15, 0.2) is 0 Å². The van der Waals surface area contributed by atoms with E-state index in [0.717, 1.165) is 80.5 Å². The Morgan fingerprint density at radius 3 is 2.02 bits per heavy atom. The summed E-state index contributed by atoms with van der Waals surface area (Å²) in [4.78, 5) is 41.1. The maximum atomic E-state index is 13.8. The second kappa shape index (κ2) is 28.8. The number of nitrogens with zero attached hydrogens (tertiary/aromatic N) is 1. The Morgan fingerprint density at radius 1 is 0.730 bits per heavy atom. The van der Waals surface area contributed by atoms with Gasteiger partial charge in [-0.2, -0.15) is 0 Å². The van der Waals surface area contributed by atoms with E-state index in [1.807, 2.05) is 0 Å². The average molecular weight is 881 g/mol. The lowest BCUT2D eigenvalue weighted by atomic mass is 9.47. The minimum Gasteiger partial charge on any atom is -0.446 e. The van der Waals surface area contributed by atoms with Crippen LogP contribution in [0.15, 0.2) is 11.6 Å². The predicted molar refractivity (Wildman–Crippen MR) is 263 cm³/mol. The standard InChI is InChI=1S/C55H100N4O4/c1-7-8-9-10-11-12-13-14-15-16-17-18-19-20-21-28-51(60)57-39-25-40-59(42-52(61)58-38-23-22-37-56)53(62)63-46-33-35-54(5)45(41-46)29-30-47-49-32-31-48(44(4)27-24-26-43(2)3)55(49,6)36-34-50(47)54/h29,43-44,46-50H,7-28,30-42,56H2,1-6H3,(H,57,60)(H,58,61)/t44-,46+,47+,48-,49+,50+,54+,55-/m1/s1. The lowest BCUT2D eigenvalue weighted by molar-refractivity contribution is -0.123. The Kier molecular flexibility index (Phi) is 24.5. The predicted octanol–water partition coefficient (Wildman–Crippen LogP) is 13.5. The van der Waals surface area contributed by atoms with Crippen molar-refractivity contribution in [2.45, 2.75) is 240 Å². The Balaban J connectivity index is 1.18. The average Bonchev–Trinajstić information content (AvgIpc) is 3.62. The topological polar surface area (TPSA) is 114 Å². The van der Waals surface area contributed by atoms with Gasteiger partial charge in [0.1, 0.15) is 12.6 Å². The van der Waals surface area contributed by atoms with Crippen molar-refractivity contribution in [2.75, 3.05) is 32.7 Å². The maximum absolute atomic E-state index is 13.8. The number of carbonyl (C=O) groups is 3. The molecule has 8 atom stereocenters. The van der Waals surface area contributed by atoms with Crippen LogP contribution in [0.25, 0.3) is 0 Å². The molecule has 4 rings (SSSR count). The molecular formula is C55H100N4O4. The monoisotopic (exact) mass is 881 g/mol. The highest BCUT2D eigenvalue weighted by molar-refractivity contribution is 5.82. The van der Waals surface area contributed by atoms with Crippen LogP contribution in [0.5, 0.6) is 0 Å². The number of allylic oxidation sites excluding steroid dienone is 1. The van der Waals surface area contributed by atoms with Crippen molar-refractivity contribution >= 4 is 17.9 Å². The van der Waals surface area contributed by atoms with Gasteiger partial charge in [-0.15, -0.1) is 0 Å². The lowest BCUT2D eigenvalue weighted by Gasteiger charge is -2.58. The molecule has 0 aromatic heterocycles. The fourth-order valence-corrected chi connectivity index (χ4v) is 13.2. The molecule has 3 saturated carbocycles. The number of rotatable bonds is 32. The van der Waals surface area contributed by atoms with Crippen LogP contribution in [-0.2, 0) is 14.3 Å². The van der Waals surface area contributed by atoms with Crippen molar-refractivity contribution in [3.05, 3.63) is 11.6 Å². The zero-order valence-electron chi connectivity index (χ0n) is 42.0. The van der Waals surface area contributed by atoms with Crippen molar-refractivity contribution < 1.29 is 19.1 Å². The van der Waals surface area contributed by atoms with Gasteiger partial charge < -0.3 is 21.1 Å². The van der Waals surface area contributed by atoms with Crippen LogP contribution in [0.4, 0.5) is 4.79 Å². The first-order valence-corrected chi connectivity index (χ1v) is 27.3. The van der Waals surface area contributed by atoms with Gasteiger partial charge in [-0.3, -0.25) is 14.5 Å². The highest BCUT2D eigenvalue weighted by Crippen LogP contribution is 2.67. The van der Waals surface area contributed by atoms with Crippen LogP contribution < -0.4 is 16.4 Å². The van der Waals surface area contributed by atoms with Crippen LogP contribution in [0.3, 0.4) is 0 Å². The number of amides is 3. The zero-order chi connectivity index (χ0) is 45.5. The molecule has 364 valence electrons. The molecule has 0 radical (unpaired) electrons. The minimum absolute atomic E-state index is 0.0388. The molecule has 0 unspecified atom stereocenters. The van der Waals surface area contributed by atoms with Crippen LogP contribution in [0.1, 0.15) is 234 Å². The van der Waals surface area contributed by atoms with Crippen LogP contribution in [0, 0.1) is 46.3 Å². The molecule has 0 spiro atoms. The number of nitrogens with one attached hydrogen (secondary N) is 2. The zero-order valence-corrected chi connectivity index (χ0v) is 42.0. The summed E-state index contributed by atoms with van der Waals surface area (Å²) in [6.07, 6.45) is 37.9. The first kappa shape index (κ1) is 53.5. The molecule has 4 aliphatic rings. The minimum atomic E-state index is -0.410. The second-order valence-corrected chi connectivity index (χ2v) is 22.2. The van der Waals surface area contributed by atoms with Gasteiger partial charge in [-0.05, 0) is 124 Å². The third-order valence-corrected chi connectivity index (χ3v) is 17.0. The van der Waals surface area contributed by atoms with Gasteiger partial charge in [0.05, 0.1) is 0 Å². The first-order chi connectivity index (χ1) is 30.4. The van der Waals surface area contributed by atoms with Gasteiger partial charge >= 0.3 is 6.09 Å². The normalized spacial score (nSPS) is 26.9. The number of hydrogen-bond donors (Lipinski definition) is 3. The molecule has 0 aromatic rings. The van der Waals surface area contributed by atoms with E-state index < -0.39 is 6.09 Å². The highest BCUT2D eigenvalue weighted by atomic mass is 16.6. The van der Waals surface area contributed by atoms with Gasteiger partial charge in [-0.25, -0.2) is 4.79 Å². The summed E-state index contributed by atoms with van der Waals surface area (Å²) >= 11 is 0. The molecule has 0 bridgehead atoms. The van der Waals surface area contributed by atoms with E-state index in [1.54, 1.807) is 4.90 Å². The molecule has 0 aromatic carbocycles. The molecule has 63 heavy (non-hydrogen) atoms. The number of nitrogens with two attached hydrogens (primary N) is 1. The molecular weight excluding hydrogens is 781 g/mol. The van der Waals surface area contributed by atoms with Crippen molar-refractivity contribution in [1.29, 1.82) is 0 Å². The number of fused-ring (bicyclic) bond motifs is 5. The fraction of sp³-hybridized carbons (Fsp3) is 0.909. The summed E-state index contributed by atoms with van der Waals surface area (Å²) in [5.74, 6) is 4.69. The quantitative estimate of drug-likeness (QED) is 0.0460. The summed E-state index contributed by atoms with van der Waals surface area (Å²) in [6.45, 7) is 16.7. The second-order valence-electron chi connectivity index (χ2n) is 22.2. The number of unbranched alkanes of at least 4 members (excludes halogenated alkanes) is 15. The molecule has 4 N–H and O–H groups in total. The van der Waals surface area contributed by atoms with Crippen molar-refractivity contribution in [2.24, 2.45) is 52.1 Å². The summed E-state index contributed by atoms with van der Waals surface area (Å²) < 4.78 is 6.28. The lowest BCUT2D eigenvalue weighted by Crippen LogP contribution is -2.51. The van der Waals surface area contributed by atoms with E-state index in [4.69, 9.17) is 10.5 Å². The summed E-state index contributed by atoms with van der Waals surface area (Å²) in [5.41, 5.74) is 7.82. The third-order valence-electron chi connectivity index (χ3n) is 17.0. The van der Waals surface area contributed by atoms with Crippen molar-refractivity contribution in [1.82, 2.24) is 15.5 Å². The van der Waals surface area contributed by atoms with E-state index in [2.05, 4.69) is 58.3 Å². The summed E-state index contributed by atoms with van der Waals surface area (Å²) in [5, 5.41) is 6.03. The van der Waals surface area contributed by atoms with E-state index in [9.17, 15) is 14.4 Å². The van der Waals surface area contributed by atoms with E-state index in [0.29, 0.717) is 44.4 Å². The summed E-state index contributed by atoms with van der Waals surface area (Å²) in [7, 11) is 0. The van der Waals surface area contributed by atoms with Gasteiger partial charge in [0.2, 0.25) is 11.8 Å². The molecule has 0 heterocycles. The molecule has 0 aliphatic heterocycles. The number of hydrogen-bond acceptors (Lipinski definition) is 5. The molecule has 3 amide bonds. The smallest absolute Gasteiger partial charge is 0.410 e. The largest absolute Gasteiger partial charge is 0.446 e.